The first-order chi connectivity index (χ1) is 8.49. The predicted octanol–water partition coefficient (Wildman–Crippen LogP) is 2.36. The van der Waals surface area contributed by atoms with Crippen LogP contribution in [0, 0.1) is 12.3 Å². The van der Waals surface area contributed by atoms with Crippen molar-refractivity contribution in [2.75, 3.05) is 18.0 Å². The van der Waals surface area contributed by atoms with Crippen LogP contribution in [0.2, 0.25) is 0 Å². The van der Waals surface area contributed by atoms with E-state index in [0.717, 1.165) is 5.69 Å². The van der Waals surface area contributed by atoms with E-state index < -0.39 is 5.97 Å². The largest absolute Gasteiger partial charge is 0.478 e. The number of carboxylic acid groups (broad SMARTS) is 1. The van der Waals surface area contributed by atoms with Crippen LogP contribution in [-0.4, -0.2) is 29.1 Å². The van der Waals surface area contributed by atoms with Gasteiger partial charge in [0.25, 0.3) is 0 Å². The van der Waals surface area contributed by atoms with Gasteiger partial charge in [0.05, 0.1) is 12.1 Å². The summed E-state index contributed by atoms with van der Waals surface area (Å²) in [5.41, 5.74) is 1.01. The third-order valence-corrected chi connectivity index (χ3v) is 2.66. The van der Waals surface area contributed by atoms with Crippen molar-refractivity contribution < 1.29 is 9.90 Å². The number of pyridine rings is 1. The zero-order valence-corrected chi connectivity index (χ0v) is 11.0. The molecule has 0 radical (unpaired) electrons. The Morgan fingerprint density at radius 1 is 1.56 bits per heavy atom. The molecule has 0 fully saturated rings. The van der Waals surface area contributed by atoms with E-state index >= 15 is 0 Å². The molecule has 96 valence electrons. The average Bonchev–Trinajstić information content (AvgIpc) is 2.35. The molecule has 1 N–H and O–H groups in total. The molecule has 1 rings (SSSR count). The highest BCUT2D eigenvalue weighted by Crippen LogP contribution is 2.20. The quantitative estimate of drug-likeness (QED) is 0.810. The lowest BCUT2D eigenvalue weighted by atomic mass is 10.1. The van der Waals surface area contributed by atoms with Gasteiger partial charge in [-0.15, -0.1) is 6.42 Å². The fourth-order valence-electron chi connectivity index (χ4n) is 1.58. The van der Waals surface area contributed by atoms with E-state index in [9.17, 15) is 4.79 Å². The molecule has 4 nitrogen and oxygen atoms in total. The molecule has 1 aromatic heterocycles. The topological polar surface area (TPSA) is 53.4 Å². The van der Waals surface area contributed by atoms with Crippen LogP contribution in [0.1, 0.15) is 42.7 Å². The van der Waals surface area contributed by atoms with Gasteiger partial charge in [0.1, 0.15) is 5.82 Å². The van der Waals surface area contributed by atoms with Gasteiger partial charge in [-0.2, -0.15) is 0 Å². The van der Waals surface area contributed by atoms with Gasteiger partial charge in [0, 0.05) is 12.2 Å². The van der Waals surface area contributed by atoms with Crippen molar-refractivity contribution in [3.8, 4) is 12.3 Å². The number of terminal acetylenes is 1. The molecule has 0 saturated heterocycles. The van der Waals surface area contributed by atoms with Gasteiger partial charge in [0.2, 0.25) is 0 Å². The van der Waals surface area contributed by atoms with Crippen molar-refractivity contribution in [1.29, 1.82) is 0 Å². The number of carbonyl (C=O) groups is 1. The van der Waals surface area contributed by atoms with E-state index in [2.05, 4.69) is 10.9 Å². The molecule has 0 aliphatic heterocycles. The van der Waals surface area contributed by atoms with Crippen LogP contribution in [0.3, 0.4) is 0 Å². The zero-order valence-electron chi connectivity index (χ0n) is 11.0. The summed E-state index contributed by atoms with van der Waals surface area (Å²) in [6.45, 7) is 7.04. The molecule has 0 saturated carbocycles. The second kappa shape index (κ2) is 6.06. The van der Waals surface area contributed by atoms with Gasteiger partial charge in [-0.3, -0.25) is 0 Å². The smallest absolute Gasteiger partial charge is 0.335 e. The number of hydrogen-bond donors (Lipinski definition) is 1. The van der Waals surface area contributed by atoms with Crippen molar-refractivity contribution in [2.24, 2.45) is 0 Å². The molecule has 0 atom stereocenters. The molecule has 0 amide bonds. The molecule has 0 aliphatic rings. The molecule has 0 unspecified atom stereocenters. The number of nitrogens with zero attached hydrogens (tertiary/aromatic N) is 2. The van der Waals surface area contributed by atoms with Gasteiger partial charge in [-0.05, 0) is 25.0 Å². The van der Waals surface area contributed by atoms with Gasteiger partial charge in [-0.1, -0.05) is 19.8 Å². The molecule has 0 aromatic carbocycles. The highest BCUT2D eigenvalue weighted by molar-refractivity contribution is 5.88. The minimum absolute atomic E-state index is 0.174. The summed E-state index contributed by atoms with van der Waals surface area (Å²) in [6, 6.07) is 3.18. The minimum Gasteiger partial charge on any atom is -0.478 e. The maximum absolute atomic E-state index is 11.1. The first-order valence-electron chi connectivity index (χ1n) is 5.93. The summed E-state index contributed by atoms with van der Waals surface area (Å²) in [4.78, 5) is 17.5. The fourth-order valence-corrected chi connectivity index (χ4v) is 1.58. The average molecular weight is 246 g/mol. The number of hydrogen-bond acceptors (Lipinski definition) is 3. The predicted molar refractivity (Wildman–Crippen MR) is 72.0 cm³/mol. The number of rotatable bonds is 5. The number of aromatic nitrogens is 1. The van der Waals surface area contributed by atoms with E-state index in [-0.39, 0.29) is 11.5 Å². The Balaban J connectivity index is 3.26. The fraction of sp³-hybridized carbons (Fsp3) is 0.429. The molecule has 0 bridgehead atoms. The van der Waals surface area contributed by atoms with Crippen LogP contribution in [-0.2, 0) is 0 Å². The molecular formula is C14H18N2O2. The van der Waals surface area contributed by atoms with Gasteiger partial charge < -0.3 is 10.0 Å². The molecule has 0 spiro atoms. The molecule has 18 heavy (non-hydrogen) atoms. The maximum atomic E-state index is 11.1. The maximum Gasteiger partial charge on any atom is 0.335 e. The van der Waals surface area contributed by atoms with Crippen molar-refractivity contribution in [1.82, 2.24) is 4.98 Å². The minimum atomic E-state index is -0.947. The van der Waals surface area contributed by atoms with Crippen LogP contribution < -0.4 is 4.90 Å². The van der Waals surface area contributed by atoms with E-state index in [1.54, 1.807) is 12.1 Å². The number of anilines is 1. The van der Waals surface area contributed by atoms with Crippen LogP contribution in [0.5, 0.6) is 0 Å². The highest BCUT2D eigenvalue weighted by atomic mass is 16.4. The summed E-state index contributed by atoms with van der Waals surface area (Å²) in [5.74, 6) is 2.40. The standard InChI is InChI=1S/C14H18N2O2/c1-5-7-16(6-2)13-9-11(14(17)18)8-12(15-13)10(3)4/h1,8-10H,6-7H2,2-4H3,(H,17,18). The molecule has 1 aromatic rings. The summed E-state index contributed by atoms with van der Waals surface area (Å²) in [6.07, 6.45) is 5.30. The van der Waals surface area contributed by atoms with E-state index in [1.165, 1.54) is 0 Å². The Hall–Kier alpha value is -2.02. The summed E-state index contributed by atoms with van der Waals surface area (Å²) in [7, 11) is 0. The summed E-state index contributed by atoms with van der Waals surface area (Å²) < 4.78 is 0. The summed E-state index contributed by atoms with van der Waals surface area (Å²) in [5, 5.41) is 9.11. The van der Waals surface area contributed by atoms with Crippen molar-refractivity contribution in [3.05, 3.63) is 23.4 Å². The second-order valence-electron chi connectivity index (χ2n) is 4.32. The third kappa shape index (κ3) is 3.24. The normalized spacial score (nSPS) is 10.2. The van der Waals surface area contributed by atoms with Crippen molar-refractivity contribution >= 4 is 11.8 Å². The Bertz CT molecular complexity index is 475. The number of aromatic carboxylic acids is 1. The van der Waals surface area contributed by atoms with Gasteiger partial charge in [-0.25, -0.2) is 9.78 Å². The van der Waals surface area contributed by atoms with Crippen LogP contribution in [0.25, 0.3) is 0 Å². The van der Waals surface area contributed by atoms with E-state index in [4.69, 9.17) is 11.5 Å². The van der Waals surface area contributed by atoms with Crippen LogP contribution in [0.15, 0.2) is 12.1 Å². The monoisotopic (exact) mass is 246 g/mol. The lowest BCUT2D eigenvalue weighted by Crippen LogP contribution is -2.24. The first kappa shape index (κ1) is 14.0. The van der Waals surface area contributed by atoms with Gasteiger partial charge in [0.15, 0.2) is 0 Å². The Morgan fingerprint density at radius 3 is 2.67 bits per heavy atom. The summed E-state index contributed by atoms with van der Waals surface area (Å²) >= 11 is 0. The van der Waals surface area contributed by atoms with E-state index in [1.807, 2.05) is 25.7 Å². The molecule has 0 aliphatic carbocycles. The van der Waals surface area contributed by atoms with Crippen LogP contribution in [0.4, 0.5) is 5.82 Å². The third-order valence-electron chi connectivity index (χ3n) is 2.66. The Labute approximate surface area is 108 Å². The SMILES string of the molecule is C#CCN(CC)c1cc(C(=O)O)cc(C(C)C)n1. The second-order valence-corrected chi connectivity index (χ2v) is 4.32. The molecule has 4 heteroatoms. The molecule has 1 heterocycles. The van der Waals surface area contributed by atoms with Crippen molar-refractivity contribution in [3.63, 3.8) is 0 Å². The van der Waals surface area contributed by atoms with Gasteiger partial charge >= 0.3 is 5.97 Å². The lowest BCUT2D eigenvalue weighted by molar-refractivity contribution is 0.0696. The number of carboxylic acids is 1. The van der Waals surface area contributed by atoms with Crippen LogP contribution >= 0.6 is 0 Å². The Morgan fingerprint density at radius 2 is 2.22 bits per heavy atom. The highest BCUT2D eigenvalue weighted by Gasteiger charge is 2.13. The van der Waals surface area contributed by atoms with Crippen molar-refractivity contribution in [2.45, 2.75) is 26.7 Å². The zero-order chi connectivity index (χ0) is 13.7. The lowest BCUT2D eigenvalue weighted by Gasteiger charge is -2.21. The molecular weight excluding hydrogens is 228 g/mol. The Kier molecular flexibility index (Phi) is 4.73. The first-order valence-corrected chi connectivity index (χ1v) is 5.93. The van der Waals surface area contributed by atoms with E-state index in [0.29, 0.717) is 18.9 Å².